The molecule has 39 heavy (non-hydrogen) atoms. The lowest BCUT2D eigenvalue weighted by molar-refractivity contribution is -0.0311. The number of carbonyl (C=O) groups is 1. The standard InChI is InChI=1S/C31H38N2O4Si2/c1-21(31(36-38-4)37-39-5)19-23-11-15-25(16-12-23)29-28(22(2)34)30(26-9-7-6-8-10-26)33(32-29)20-24-13-17-27(35-3)18-14-24/h6-18,21,31H,19-20,38-39H2,1-5H3. The Hall–Kier alpha value is -3.31. The number of carbonyl (C=O) groups excluding carboxylic acids is 1. The number of rotatable bonds is 13. The highest BCUT2D eigenvalue weighted by atomic mass is 28.2. The summed E-state index contributed by atoms with van der Waals surface area (Å²) in [7, 11) is 0.579. The fourth-order valence-corrected chi connectivity index (χ4v) is 6.58. The highest BCUT2D eigenvalue weighted by Gasteiger charge is 2.24. The minimum absolute atomic E-state index is 0.00728. The van der Waals surface area contributed by atoms with E-state index in [9.17, 15) is 4.79 Å². The van der Waals surface area contributed by atoms with Crippen LogP contribution in [0.15, 0.2) is 78.9 Å². The molecule has 3 aromatic carbocycles. The summed E-state index contributed by atoms with van der Waals surface area (Å²) in [5.41, 5.74) is 6.34. The van der Waals surface area contributed by atoms with Gasteiger partial charge in [-0.2, -0.15) is 5.10 Å². The Morgan fingerprint density at radius 3 is 2.05 bits per heavy atom. The van der Waals surface area contributed by atoms with Crippen molar-refractivity contribution in [2.24, 2.45) is 5.92 Å². The van der Waals surface area contributed by atoms with E-state index in [1.807, 2.05) is 59.3 Å². The highest BCUT2D eigenvalue weighted by molar-refractivity contribution is 6.26. The van der Waals surface area contributed by atoms with Gasteiger partial charge in [0.1, 0.15) is 17.7 Å². The molecule has 0 aliphatic carbocycles. The van der Waals surface area contributed by atoms with Gasteiger partial charge in [0.15, 0.2) is 25.3 Å². The fraction of sp³-hybridized carbons (Fsp3) is 0.290. The number of ketones is 1. The predicted octanol–water partition coefficient (Wildman–Crippen LogP) is 5.28. The van der Waals surface area contributed by atoms with E-state index >= 15 is 0 Å². The average molecular weight is 559 g/mol. The molecule has 1 heterocycles. The van der Waals surface area contributed by atoms with Crippen molar-refractivity contribution in [3.05, 3.63) is 95.6 Å². The van der Waals surface area contributed by atoms with E-state index < -0.39 is 19.5 Å². The predicted molar refractivity (Wildman–Crippen MR) is 163 cm³/mol. The zero-order chi connectivity index (χ0) is 27.8. The van der Waals surface area contributed by atoms with Crippen LogP contribution in [0.4, 0.5) is 0 Å². The summed E-state index contributed by atoms with van der Waals surface area (Å²) < 4.78 is 19.2. The number of Topliss-reactive ketones (excluding diaryl/α,β-unsaturated/α-hetero) is 1. The van der Waals surface area contributed by atoms with Crippen LogP contribution in [0.5, 0.6) is 5.75 Å². The Kier molecular flexibility index (Phi) is 10.1. The first-order valence-electron chi connectivity index (χ1n) is 13.6. The number of nitrogens with zero attached hydrogens (tertiary/aromatic N) is 2. The van der Waals surface area contributed by atoms with Gasteiger partial charge >= 0.3 is 0 Å². The third kappa shape index (κ3) is 7.02. The van der Waals surface area contributed by atoms with Gasteiger partial charge in [-0.25, -0.2) is 0 Å². The van der Waals surface area contributed by atoms with Crippen LogP contribution in [0.25, 0.3) is 22.5 Å². The Bertz CT molecular complexity index is 1350. The maximum absolute atomic E-state index is 13.1. The molecule has 0 N–H and O–H groups in total. The molecule has 6 nitrogen and oxygen atoms in total. The van der Waals surface area contributed by atoms with Gasteiger partial charge in [-0.1, -0.05) is 86.7 Å². The number of ether oxygens (including phenoxy) is 1. The number of methoxy groups -OCH3 is 1. The molecule has 0 aliphatic heterocycles. The van der Waals surface area contributed by atoms with E-state index in [-0.39, 0.29) is 18.0 Å². The molecule has 0 radical (unpaired) electrons. The van der Waals surface area contributed by atoms with Gasteiger partial charge in [0, 0.05) is 17.0 Å². The van der Waals surface area contributed by atoms with Gasteiger partial charge in [-0.3, -0.25) is 9.48 Å². The molecule has 1 atom stereocenters. The van der Waals surface area contributed by atoms with Crippen molar-refractivity contribution in [2.45, 2.75) is 46.2 Å². The van der Waals surface area contributed by atoms with Crippen LogP contribution in [-0.2, 0) is 21.8 Å². The summed E-state index contributed by atoms with van der Waals surface area (Å²) in [6.45, 7) is 8.62. The van der Waals surface area contributed by atoms with Crippen molar-refractivity contribution in [3.63, 3.8) is 0 Å². The van der Waals surface area contributed by atoms with Crippen molar-refractivity contribution in [2.75, 3.05) is 7.11 Å². The number of benzene rings is 3. The van der Waals surface area contributed by atoms with E-state index in [2.05, 4.69) is 44.3 Å². The molecule has 4 rings (SSSR count). The van der Waals surface area contributed by atoms with Crippen LogP contribution >= 0.6 is 0 Å². The largest absolute Gasteiger partial charge is 0.497 e. The lowest BCUT2D eigenvalue weighted by atomic mass is 9.96. The third-order valence-electron chi connectivity index (χ3n) is 6.75. The molecule has 1 aromatic heterocycles. The summed E-state index contributed by atoms with van der Waals surface area (Å²) in [4.78, 5) is 13.1. The van der Waals surface area contributed by atoms with Crippen molar-refractivity contribution in [1.82, 2.24) is 9.78 Å². The van der Waals surface area contributed by atoms with E-state index in [0.29, 0.717) is 17.8 Å². The van der Waals surface area contributed by atoms with Crippen LogP contribution in [0.1, 0.15) is 35.3 Å². The molecule has 0 spiro atoms. The summed E-state index contributed by atoms with van der Waals surface area (Å²) in [5.74, 6) is 1.07. The van der Waals surface area contributed by atoms with E-state index in [1.165, 1.54) is 5.56 Å². The van der Waals surface area contributed by atoms with Crippen LogP contribution in [0.3, 0.4) is 0 Å². The Labute approximate surface area is 236 Å². The molecule has 4 aromatic rings. The minimum atomic E-state index is -0.540. The van der Waals surface area contributed by atoms with Gasteiger partial charge in [0.25, 0.3) is 0 Å². The van der Waals surface area contributed by atoms with E-state index in [1.54, 1.807) is 14.0 Å². The first-order valence-corrected chi connectivity index (χ1v) is 17.6. The third-order valence-corrected chi connectivity index (χ3v) is 8.08. The first kappa shape index (κ1) is 28.7. The van der Waals surface area contributed by atoms with Crippen molar-refractivity contribution < 1.29 is 18.4 Å². The van der Waals surface area contributed by atoms with Gasteiger partial charge in [0.05, 0.1) is 24.9 Å². The molecule has 1 unspecified atom stereocenters. The molecule has 0 fully saturated rings. The number of hydrogen-bond donors (Lipinski definition) is 0. The lowest BCUT2D eigenvalue weighted by Gasteiger charge is -2.24. The normalized spacial score (nSPS) is 13.4. The topological polar surface area (TPSA) is 62.6 Å². The SMILES string of the molecule is COc1ccc(Cn2nc(-c3ccc(CC(C)C(O[SiH2]C)O[SiH2]C)cc3)c(C(C)=O)c2-c2ccccc2)cc1. The quantitative estimate of drug-likeness (QED) is 0.127. The molecule has 204 valence electrons. The smallest absolute Gasteiger partial charge is 0.164 e. The Morgan fingerprint density at radius 2 is 1.49 bits per heavy atom. The van der Waals surface area contributed by atoms with Crippen molar-refractivity contribution in [3.8, 4) is 28.3 Å². The fourth-order valence-electron chi connectivity index (χ4n) is 4.88. The van der Waals surface area contributed by atoms with Gasteiger partial charge in [-0.05, 0) is 36.6 Å². The molecule has 8 heteroatoms. The van der Waals surface area contributed by atoms with Crippen molar-refractivity contribution >= 4 is 25.3 Å². The zero-order valence-electron chi connectivity index (χ0n) is 23.5. The molecule has 0 aliphatic rings. The maximum atomic E-state index is 13.1. The van der Waals surface area contributed by atoms with E-state index in [0.717, 1.165) is 34.6 Å². The Morgan fingerprint density at radius 1 is 0.872 bits per heavy atom. The molecule has 0 bridgehead atoms. The summed E-state index contributed by atoms with van der Waals surface area (Å²) >= 11 is 0. The molecule has 0 amide bonds. The maximum Gasteiger partial charge on any atom is 0.164 e. The van der Waals surface area contributed by atoms with Crippen molar-refractivity contribution in [1.29, 1.82) is 0 Å². The minimum Gasteiger partial charge on any atom is -0.497 e. The number of hydrogen-bond acceptors (Lipinski definition) is 5. The van der Waals surface area contributed by atoms with Gasteiger partial charge in [-0.15, -0.1) is 0 Å². The molecule has 0 saturated heterocycles. The average Bonchev–Trinajstić information content (AvgIpc) is 3.33. The monoisotopic (exact) mass is 558 g/mol. The Balaban J connectivity index is 1.70. The first-order chi connectivity index (χ1) is 18.9. The van der Waals surface area contributed by atoms with Crippen LogP contribution in [0.2, 0.25) is 13.1 Å². The van der Waals surface area contributed by atoms with Gasteiger partial charge in [0.2, 0.25) is 0 Å². The number of aromatic nitrogens is 2. The molecular weight excluding hydrogens is 521 g/mol. The molecule has 0 saturated carbocycles. The van der Waals surface area contributed by atoms with E-state index in [4.69, 9.17) is 18.7 Å². The highest BCUT2D eigenvalue weighted by Crippen LogP contribution is 2.34. The zero-order valence-corrected chi connectivity index (χ0v) is 26.3. The summed E-state index contributed by atoms with van der Waals surface area (Å²) in [6, 6.07) is 26.4. The van der Waals surface area contributed by atoms with Gasteiger partial charge < -0.3 is 13.6 Å². The second-order valence-electron chi connectivity index (χ2n) is 9.66. The lowest BCUT2D eigenvalue weighted by Crippen LogP contribution is -2.28. The second-order valence-corrected chi connectivity index (χ2v) is 11.5. The summed E-state index contributed by atoms with van der Waals surface area (Å²) in [5, 5.41) is 5.02. The summed E-state index contributed by atoms with van der Waals surface area (Å²) in [6.07, 6.45) is 0.763. The van der Waals surface area contributed by atoms with Crippen LogP contribution < -0.4 is 4.74 Å². The second kappa shape index (κ2) is 13.7. The van der Waals surface area contributed by atoms with Crippen LogP contribution in [-0.4, -0.2) is 48.5 Å². The van der Waals surface area contributed by atoms with Crippen LogP contribution in [0, 0.1) is 5.92 Å². The molecular formula is C31H38N2O4Si2.